The molecule has 140 valence electrons. The summed E-state index contributed by atoms with van der Waals surface area (Å²) >= 11 is 0. The smallest absolute Gasteiger partial charge is 0.161 e. The maximum absolute atomic E-state index is 5.48. The van der Waals surface area contributed by atoms with E-state index >= 15 is 0 Å². The fourth-order valence-corrected chi connectivity index (χ4v) is 2.68. The highest BCUT2D eigenvalue weighted by Gasteiger charge is 2.10. The van der Waals surface area contributed by atoms with Gasteiger partial charge in [-0.2, -0.15) is 0 Å². The van der Waals surface area contributed by atoms with Gasteiger partial charge in [0.1, 0.15) is 5.75 Å². The molecule has 0 saturated heterocycles. The number of methoxy groups -OCH3 is 3. The summed E-state index contributed by atoms with van der Waals surface area (Å²) < 4.78 is 16.2. The predicted octanol–water partition coefficient (Wildman–Crippen LogP) is 4.38. The van der Waals surface area contributed by atoms with E-state index in [0.717, 1.165) is 47.9 Å². The van der Waals surface area contributed by atoms with Crippen LogP contribution in [0.3, 0.4) is 0 Å². The third-order valence-electron chi connectivity index (χ3n) is 4.52. The van der Waals surface area contributed by atoms with Crippen LogP contribution in [0.4, 0.5) is 0 Å². The highest BCUT2D eigenvalue weighted by molar-refractivity contribution is 5.73. The van der Waals surface area contributed by atoms with Gasteiger partial charge in [-0.3, -0.25) is 0 Å². The molecule has 26 heavy (non-hydrogen) atoms. The van der Waals surface area contributed by atoms with Crippen molar-refractivity contribution >= 4 is 12.2 Å². The minimum Gasteiger partial charge on any atom is -0.497 e. The highest BCUT2D eigenvalue weighted by atomic mass is 16.5. The maximum atomic E-state index is 5.48. The Bertz CT molecular complexity index is 723. The molecule has 0 aliphatic carbocycles. The second kappa shape index (κ2) is 9.88. The Hall–Kier alpha value is -2.46. The quantitative estimate of drug-likeness (QED) is 0.625. The van der Waals surface area contributed by atoms with Crippen molar-refractivity contribution < 1.29 is 14.2 Å². The number of likely N-dealkylation sites (N-methyl/N-ethyl adjacent to an activating group) is 1. The zero-order chi connectivity index (χ0) is 18.9. The molecule has 0 unspecified atom stereocenters. The van der Waals surface area contributed by atoms with Crippen LogP contribution in [0.15, 0.2) is 36.4 Å². The van der Waals surface area contributed by atoms with Gasteiger partial charge in [-0.15, -0.1) is 0 Å². The van der Waals surface area contributed by atoms with Crippen molar-refractivity contribution in [3.63, 3.8) is 0 Å². The van der Waals surface area contributed by atoms with E-state index < -0.39 is 0 Å². The van der Waals surface area contributed by atoms with Gasteiger partial charge in [-0.1, -0.05) is 31.2 Å². The normalized spacial score (nSPS) is 11.2. The molecule has 0 saturated carbocycles. The molecule has 4 nitrogen and oxygen atoms in total. The standard InChI is InChI=1S/C22H29NO3/c1-6-23(2)14-13-19-16-22(26-5)21(25-4)15-18(19)10-7-17-8-11-20(24-3)12-9-17/h7-12,15-16H,6,13-14H2,1-5H3. The Morgan fingerprint density at radius 3 is 2.12 bits per heavy atom. The molecule has 0 N–H and O–H groups in total. The first-order valence-corrected chi connectivity index (χ1v) is 8.86. The second-order valence-corrected chi connectivity index (χ2v) is 6.16. The van der Waals surface area contributed by atoms with Gasteiger partial charge in [0.2, 0.25) is 0 Å². The van der Waals surface area contributed by atoms with E-state index in [0.29, 0.717) is 0 Å². The van der Waals surface area contributed by atoms with E-state index in [4.69, 9.17) is 14.2 Å². The molecular formula is C22H29NO3. The zero-order valence-corrected chi connectivity index (χ0v) is 16.4. The molecule has 0 bridgehead atoms. The molecule has 0 fully saturated rings. The van der Waals surface area contributed by atoms with Crippen LogP contribution >= 0.6 is 0 Å². The Morgan fingerprint density at radius 2 is 1.54 bits per heavy atom. The van der Waals surface area contributed by atoms with Gasteiger partial charge >= 0.3 is 0 Å². The van der Waals surface area contributed by atoms with Crippen LogP contribution in [-0.2, 0) is 6.42 Å². The summed E-state index contributed by atoms with van der Waals surface area (Å²) in [6.07, 6.45) is 5.19. The molecule has 0 radical (unpaired) electrons. The second-order valence-electron chi connectivity index (χ2n) is 6.16. The lowest BCUT2D eigenvalue weighted by Gasteiger charge is -2.17. The van der Waals surface area contributed by atoms with Gasteiger partial charge < -0.3 is 19.1 Å². The number of hydrogen-bond acceptors (Lipinski definition) is 4. The van der Waals surface area contributed by atoms with Gasteiger partial charge in [0.15, 0.2) is 11.5 Å². The lowest BCUT2D eigenvalue weighted by atomic mass is 10.0. The molecule has 2 aromatic carbocycles. The van der Waals surface area contributed by atoms with E-state index in [1.165, 1.54) is 5.56 Å². The van der Waals surface area contributed by atoms with E-state index in [-0.39, 0.29) is 0 Å². The average molecular weight is 355 g/mol. The van der Waals surface area contributed by atoms with Crippen LogP contribution in [0.25, 0.3) is 12.2 Å². The summed E-state index contributed by atoms with van der Waals surface area (Å²) in [5.41, 5.74) is 3.51. The van der Waals surface area contributed by atoms with Crippen molar-refractivity contribution in [2.75, 3.05) is 41.5 Å². The van der Waals surface area contributed by atoms with Crippen molar-refractivity contribution in [3.05, 3.63) is 53.1 Å². The molecule has 0 amide bonds. The van der Waals surface area contributed by atoms with Gasteiger partial charge in [0.25, 0.3) is 0 Å². The van der Waals surface area contributed by atoms with Gasteiger partial charge in [-0.05, 0) is 61.0 Å². The van der Waals surface area contributed by atoms with Crippen molar-refractivity contribution in [1.29, 1.82) is 0 Å². The lowest BCUT2D eigenvalue weighted by molar-refractivity contribution is 0.350. The van der Waals surface area contributed by atoms with E-state index in [2.05, 4.69) is 37.1 Å². The van der Waals surface area contributed by atoms with Crippen LogP contribution in [-0.4, -0.2) is 46.4 Å². The third-order valence-corrected chi connectivity index (χ3v) is 4.52. The van der Waals surface area contributed by atoms with Crippen molar-refractivity contribution in [2.24, 2.45) is 0 Å². The summed E-state index contributed by atoms with van der Waals surface area (Å²) in [7, 11) is 7.15. The fourth-order valence-electron chi connectivity index (χ4n) is 2.68. The molecule has 0 atom stereocenters. The highest BCUT2D eigenvalue weighted by Crippen LogP contribution is 2.32. The summed E-state index contributed by atoms with van der Waals surface area (Å²) in [6.45, 7) is 4.19. The first-order chi connectivity index (χ1) is 12.6. The molecule has 0 aliphatic heterocycles. The zero-order valence-electron chi connectivity index (χ0n) is 16.4. The summed E-state index contributed by atoms with van der Waals surface area (Å²) in [5.74, 6) is 2.37. The van der Waals surface area contributed by atoms with Crippen molar-refractivity contribution in [3.8, 4) is 17.2 Å². The van der Waals surface area contributed by atoms with Crippen LogP contribution < -0.4 is 14.2 Å². The third kappa shape index (κ3) is 5.27. The number of rotatable bonds is 9. The first kappa shape index (κ1) is 19.9. The minimum atomic E-state index is 0.745. The molecule has 4 heteroatoms. The van der Waals surface area contributed by atoms with Crippen LogP contribution in [0.2, 0.25) is 0 Å². The Labute approximate surface area is 157 Å². The van der Waals surface area contributed by atoms with Gasteiger partial charge in [0, 0.05) is 6.54 Å². The van der Waals surface area contributed by atoms with Crippen molar-refractivity contribution in [1.82, 2.24) is 4.90 Å². The molecule has 0 aromatic heterocycles. The van der Waals surface area contributed by atoms with Crippen LogP contribution in [0, 0.1) is 0 Å². The van der Waals surface area contributed by atoms with E-state index in [9.17, 15) is 0 Å². The summed E-state index contributed by atoms with van der Waals surface area (Å²) in [5, 5.41) is 0. The molecule has 2 aromatic rings. The number of nitrogens with zero attached hydrogens (tertiary/aromatic N) is 1. The average Bonchev–Trinajstić information content (AvgIpc) is 2.70. The SMILES string of the molecule is CCN(C)CCc1cc(OC)c(OC)cc1C=Cc1ccc(OC)cc1. The fraction of sp³-hybridized carbons (Fsp3) is 0.364. The number of benzene rings is 2. The van der Waals surface area contributed by atoms with E-state index in [1.54, 1.807) is 21.3 Å². The molecular weight excluding hydrogens is 326 g/mol. The Kier molecular flexibility index (Phi) is 7.54. The molecule has 0 spiro atoms. The minimum absolute atomic E-state index is 0.745. The van der Waals surface area contributed by atoms with Gasteiger partial charge in [0.05, 0.1) is 21.3 Å². The van der Waals surface area contributed by atoms with Crippen molar-refractivity contribution in [2.45, 2.75) is 13.3 Å². The molecule has 0 heterocycles. The largest absolute Gasteiger partial charge is 0.497 e. The molecule has 0 aliphatic rings. The van der Waals surface area contributed by atoms with Crippen LogP contribution in [0.5, 0.6) is 17.2 Å². The Morgan fingerprint density at radius 1 is 0.885 bits per heavy atom. The summed E-state index contributed by atoms with van der Waals surface area (Å²) in [6, 6.07) is 12.1. The topological polar surface area (TPSA) is 30.9 Å². The first-order valence-electron chi connectivity index (χ1n) is 8.86. The number of hydrogen-bond donors (Lipinski definition) is 0. The van der Waals surface area contributed by atoms with E-state index in [1.807, 2.05) is 30.3 Å². The Balaban J connectivity index is 2.31. The molecule has 2 rings (SSSR count). The lowest BCUT2D eigenvalue weighted by Crippen LogP contribution is -2.20. The summed E-state index contributed by atoms with van der Waals surface area (Å²) in [4.78, 5) is 2.30. The van der Waals surface area contributed by atoms with Gasteiger partial charge in [-0.25, -0.2) is 0 Å². The number of ether oxygens (including phenoxy) is 3. The monoisotopic (exact) mass is 355 g/mol. The van der Waals surface area contributed by atoms with Crippen LogP contribution in [0.1, 0.15) is 23.6 Å². The maximum Gasteiger partial charge on any atom is 0.161 e. The predicted molar refractivity (Wildman–Crippen MR) is 108 cm³/mol.